The second-order valence-corrected chi connectivity index (χ2v) is 9.34. The number of benzene rings is 2. The minimum atomic E-state index is -4.08. The topological polar surface area (TPSA) is 75.9 Å². The first-order chi connectivity index (χ1) is 13.7. The van der Waals surface area contributed by atoms with E-state index in [1.165, 1.54) is 18.2 Å². The summed E-state index contributed by atoms with van der Waals surface area (Å²) in [5.41, 5.74) is 0.442. The van der Waals surface area contributed by atoms with Crippen molar-refractivity contribution in [2.24, 2.45) is 9.39 Å². The standard InChI is InChI=1S/C19H10BrCl3N2O3S/c20-12-6-8-13(9-7-12)29(27,28)25-19(11-4-2-1-3-5-11)24-15-10-14(21)18(26)17(23)16(15)22/h1-10H/b24-15?,25-19+. The maximum atomic E-state index is 12.8. The van der Waals surface area contributed by atoms with Gasteiger partial charge >= 0.3 is 0 Å². The summed E-state index contributed by atoms with van der Waals surface area (Å²) in [5.74, 6) is -0.779. The number of aliphatic imine (C=N–C) groups is 1. The summed E-state index contributed by atoms with van der Waals surface area (Å²) in [4.78, 5) is 16.0. The molecule has 0 atom stereocenters. The highest BCUT2D eigenvalue weighted by Crippen LogP contribution is 2.28. The molecular weight excluding hydrogens is 523 g/mol. The number of Topliss-reactive ketones (excluding diaryl/α,β-unsaturated/α-hetero) is 1. The first-order valence-electron chi connectivity index (χ1n) is 7.91. The summed E-state index contributed by atoms with van der Waals surface area (Å²) in [7, 11) is -4.08. The van der Waals surface area contributed by atoms with Crippen LogP contribution in [0.25, 0.3) is 0 Å². The maximum Gasteiger partial charge on any atom is 0.284 e. The minimum Gasteiger partial charge on any atom is -0.287 e. The van der Waals surface area contributed by atoms with E-state index in [2.05, 4.69) is 25.3 Å². The van der Waals surface area contributed by atoms with Gasteiger partial charge < -0.3 is 0 Å². The Balaban J connectivity index is 2.18. The molecule has 0 N–H and O–H groups in total. The molecule has 0 unspecified atom stereocenters. The van der Waals surface area contributed by atoms with E-state index in [9.17, 15) is 13.2 Å². The van der Waals surface area contributed by atoms with Gasteiger partial charge in [-0.15, -0.1) is 4.40 Å². The molecule has 2 aromatic rings. The molecule has 1 aliphatic carbocycles. The molecule has 2 aromatic carbocycles. The summed E-state index contributed by atoms with van der Waals surface area (Å²) >= 11 is 21.2. The number of halogens is 4. The first-order valence-corrected chi connectivity index (χ1v) is 11.3. The van der Waals surface area contributed by atoms with E-state index in [0.717, 1.165) is 4.47 Å². The van der Waals surface area contributed by atoms with Gasteiger partial charge in [0.2, 0.25) is 5.78 Å². The van der Waals surface area contributed by atoms with Crippen LogP contribution < -0.4 is 0 Å². The summed E-state index contributed by atoms with van der Waals surface area (Å²) in [6.45, 7) is 0. The highest BCUT2D eigenvalue weighted by Gasteiger charge is 2.25. The van der Waals surface area contributed by atoms with Crippen molar-refractivity contribution in [2.75, 3.05) is 0 Å². The van der Waals surface area contributed by atoms with Crippen LogP contribution >= 0.6 is 50.7 Å². The van der Waals surface area contributed by atoms with Gasteiger partial charge in [-0.25, -0.2) is 4.99 Å². The smallest absolute Gasteiger partial charge is 0.284 e. The molecule has 0 radical (unpaired) electrons. The third-order valence-electron chi connectivity index (χ3n) is 3.67. The van der Waals surface area contributed by atoms with Gasteiger partial charge in [-0.05, 0) is 30.3 Å². The Bertz CT molecular complexity index is 1200. The lowest BCUT2D eigenvalue weighted by molar-refractivity contribution is -0.111. The molecule has 0 amide bonds. The number of ketones is 1. The number of allylic oxidation sites excluding steroid dienone is 4. The molecule has 0 aliphatic heterocycles. The minimum absolute atomic E-state index is 0.0126. The van der Waals surface area contributed by atoms with E-state index in [1.54, 1.807) is 42.5 Å². The molecule has 1 aliphatic rings. The predicted molar refractivity (Wildman–Crippen MR) is 119 cm³/mol. The number of carbonyl (C=O) groups excluding carboxylic acids is 1. The lowest BCUT2D eigenvalue weighted by atomic mass is 10.1. The molecule has 5 nitrogen and oxygen atoms in total. The number of carbonyl (C=O) groups is 1. The molecule has 0 heterocycles. The van der Waals surface area contributed by atoms with Crippen LogP contribution in [0.1, 0.15) is 5.56 Å². The average Bonchev–Trinajstić information content (AvgIpc) is 2.70. The number of sulfonamides is 1. The van der Waals surface area contributed by atoms with Gasteiger partial charge in [0.15, 0.2) is 5.84 Å². The van der Waals surface area contributed by atoms with Crippen molar-refractivity contribution in [1.82, 2.24) is 0 Å². The zero-order valence-electron chi connectivity index (χ0n) is 14.3. The number of hydrogen-bond acceptors (Lipinski definition) is 3. The fourth-order valence-electron chi connectivity index (χ4n) is 2.26. The van der Waals surface area contributed by atoms with Crippen molar-refractivity contribution in [3.8, 4) is 0 Å². The quantitative estimate of drug-likeness (QED) is 0.301. The Kier molecular flexibility index (Phi) is 6.76. The predicted octanol–water partition coefficient (Wildman–Crippen LogP) is 5.42. The van der Waals surface area contributed by atoms with Crippen LogP contribution in [0.2, 0.25) is 0 Å². The van der Waals surface area contributed by atoms with Gasteiger partial charge in [0.25, 0.3) is 10.0 Å². The molecule has 0 aromatic heterocycles. The van der Waals surface area contributed by atoms with Crippen molar-refractivity contribution < 1.29 is 13.2 Å². The molecule has 148 valence electrons. The first kappa shape index (κ1) is 21.9. The summed E-state index contributed by atoms with van der Waals surface area (Å²) in [6, 6.07) is 14.4. The molecule has 3 rings (SSSR count). The van der Waals surface area contributed by atoms with Crippen LogP contribution in [0.3, 0.4) is 0 Å². The summed E-state index contributed by atoms with van der Waals surface area (Å²) in [5, 5.41) is -0.645. The van der Waals surface area contributed by atoms with Crippen molar-refractivity contribution in [3.05, 3.63) is 85.8 Å². The van der Waals surface area contributed by atoms with Crippen LogP contribution in [0.4, 0.5) is 0 Å². The van der Waals surface area contributed by atoms with Gasteiger partial charge in [-0.2, -0.15) is 8.42 Å². The zero-order chi connectivity index (χ0) is 21.2. The Labute approximate surface area is 190 Å². The average molecular weight is 533 g/mol. The van der Waals surface area contributed by atoms with E-state index in [4.69, 9.17) is 34.8 Å². The normalized spacial score (nSPS) is 17.0. The Morgan fingerprint density at radius 2 is 1.52 bits per heavy atom. The van der Waals surface area contributed by atoms with E-state index in [-0.39, 0.29) is 31.5 Å². The fraction of sp³-hybridized carbons (Fsp3) is 0. The highest BCUT2D eigenvalue weighted by molar-refractivity contribution is 9.10. The molecule has 29 heavy (non-hydrogen) atoms. The van der Waals surface area contributed by atoms with Crippen LogP contribution in [0.15, 0.2) is 94.5 Å². The molecule has 0 fully saturated rings. The molecule has 0 saturated carbocycles. The van der Waals surface area contributed by atoms with Gasteiger partial charge in [-0.3, -0.25) is 4.79 Å². The van der Waals surface area contributed by atoms with E-state index >= 15 is 0 Å². The Hall–Kier alpha value is -1.77. The van der Waals surface area contributed by atoms with Gasteiger partial charge in [0.05, 0.1) is 20.7 Å². The number of hydrogen-bond donors (Lipinski definition) is 0. The van der Waals surface area contributed by atoms with E-state index in [0.29, 0.717) is 5.56 Å². The zero-order valence-corrected chi connectivity index (χ0v) is 19.0. The molecule has 0 spiro atoms. The van der Waals surface area contributed by atoms with Gasteiger partial charge in [0, 0.05) is 10.0 Å². The van der Waals surface area contributed by atoms with Crippen molar-refractivity contribution in [3.63, 3.8) is 0 Å². The number of amidine groups is 1. The van der Waals surface area contributed by atoms with E-state index in [1.807, 2.05) is 0 Å². The lowest BCUT2D eigenvalue weighted by Gasteiger charge is -2.11. The van der Waals surface area contributed by atoms with Crippen molar-refractivity contribution >= 4 is 78.1 Å². The van der Waals surface area contributed by atoms with Crippen LogP contribution in [-0.2, 0) is 14.8 Å². The summed E-state index contributed by atoms with van der Waals surface area (Å²) < 4.78 is 30.2. The molecule has 0 bridgehead atoms. The van der Waals surface area contributed by atoms with Gasteiger partial charge in [-0.1, -0.05) is 81.1 Å². The van der Waals surface area contributed by atoms with Crippen LogP contribution in [0.5, 0.6) is 0 Å². The SMILES string of the molecule is O=C1C(Cl)=CC(=N/C(=N/S(=O)(=O)c2ccc(Br)cc2)c2ccccc2)C(Cl)=C1Cl. The second-order valence-electron chi connectivity index (χ2n) is 5.66. The monoisotopic (exact) mass is 530 g/mol. The number of nitrogens with zero attached hydrogens (tertiary/aromatic N) is 2. The maximum absolute atomic E-state index is 12.8. The fourth-order valence-corrected chi connectivity index (χ4v) is 4.11. The Morgan fingerprint density at radius 3 is 2.14 bits per heavy atom. The third-order valence-corrected chi connectivity index (χ3v) is 6.60. The largest absolute Gasteiger partial charge is 0.287 e. The van der Waals surface area contributed by atoms with Crippen molar-refractivity contribution in [1.29, 1.82) is 0 Å². The van der Waals surface area contributed by atoms with Crippen LogP contribution in [-0.4, -0.2) is 25.7 Å². The lowest BCUT2D eigenvalue weighted by Crippen LogP contribution is -2.14. The van der Waals surface area contributed by atoms with E-state index < -0.39 is 15.8 Å². The van der Waals surface area contributed by atoms with Gasteiger partial charge in [0.1, 0.15) is 5.03 Å². The molecular formula is C19H10BrCl3N2O3S. The highest BCUT2D eigenvalue weighted by atomic mass is 79.9. The number of rotatable bonds is 3. The molecule has 10 heteroatoms. The summed E-state index contributed by atoms with van der Waals surface area (Å²) in [6.07, 6.45) is 1.21. The van der Waals surface area contributed by atoms with Crippen molar-refractivity contribution in [2.45, 2.75) is 4.90 Å². The third kappa shape index (κ3) is 5.05. The second kappa shape index (κ2) is 8.93. The van der Waals surface area contributed by atoms with Crippen LogP contribution in [0, 0.1) is 0 Å². The molecule has 0 saturated heterocycles. The Morgan fingerprint density at radius 1 is 0.897 bits per heavy atom.